The van der Waals surface area contributed by atoms with Gasteiger partial charge in [0, 0.05) is 0 Å². The first-order chi connectivity index (χ1) is 9.04. The van der Waals surface area contributed by atoms with Gasteiger partial charge in [-0.25, -0.2) is 8.42 Å². The van der Waals surface area contributed by atoms with Crippen molar-refractivity contribution in [2.24, 2.45) is 11.1 Å². The van der Waals surface area contributed by atoms with Crippen LogP contribution in [0.5, 0.6) is 0 Å². The smallest absolute Gasteiger partial charge is 0.150 e. The van der Waals surface area contributed by atoms with E-state index in [0.29, 0.717) is 18.1 Å². The number of hydrogen-bond acceptors (Lipinski definition) is 3. The summed E-state index contributed by atoms with van der Waals surface area (Å²) in [6.07, 6.45) is 12.1. The molecule has 0 aromatic heterocycles. The molecule has 0 spiro atoms. The van der Waals surface area contributed by atoms with Gasteiger partial charge in [0.1, 0.15) is 0 Å². The van der Waals surface area contributed by atoms with E-state index in [1.807, 2.05) is 0 Å². The maximum Gasteiger partial charge on any atom is 0.150 e. The highest BCUT2D eigenvalue weighted by Gasteiger charge is 2.40. The quantitative estimate of drug-likeness (QED) is 0.628. The van der Waals surface area contributed by atoms with Crippen LogP contribution in [0.2, 0.25) is 0 Å². The molecule has 0 radical (unpaired) electrons. The largest absolute Gasteiger partial charge is 0.330 e. The van der Waals surface area contributed by atoms with Crippen molar-refractivity contribution < 1.29 is 8.42 Å². The Labute approximate surface area is 119 Å². The van der Waals surface area contributed by atoms with Crippen molar-refractivity contribution in [3.05, 3.63) is 0 Å². The zero-order chi connectivity index (χ0) is 14.2. The lowest BCUT2D eigenvalue weighted by Gasteiger charge is -2.25. The molecule has 1 atom stereocenters. The van der Waals surface area contributed by atoms with Gasteiger partial charge in [0.15, 0.2) is 9.84 Å². The first kappa shape index (κ1) is 17.0. The molecular weight excluding hydrogens is 258 g/mol. The Morgan fingerprint density at radius 2 is 1.58 bits per heavy atom. The summed E-state index contributed by atoms with van der Waals surface area (Å²) in [5.41, 5.74) is 5.73. The maximum absolute atomic E-state index is 11.6. The van der Waals surface area contributed by atoms with Crippen LogP contribution in [0, 0.1) is 5.41 Å². The summed E-state index contributed by atoms with van der Waals surface area (Å²) in [7, 11) is -2.80. The van der Waals surface area contributed by atoms with E-state index < -0.39 is 9.84 Å². The van der Waals surface area contributed by atoms with Crippen molar-refractivity contribution in [1.29, 1.82) is 0 Å². The summed E-state index contributed by atoms with van der Waals surface area (Å²) in [4.78, 5) is 0. The van der Waals surface area contributed by atoms with Crippen molar-refractivity contribution in [2.75, 3.05) is 18.1 Å². The zero-order valence-corrected chi connectivity index (χ0v) is 13.3. The molecule has 1 saturated heterocycles. The molecule has 0 bridgehead atoms. The molecule has 0 aromatic carbocycles. The van der Waals surface area contributed by atoms with Crippen molar-refractivity contribution in [2.45, 2.75) is 71.1 Å². The van der Waals surface area contributed by atoms with Crippen molar-refractivity contribution in [3.8, 4) is 0 Å². The van der Waals surface area contributed by atoms with Crippen LogP contribution in [0.4, 0.5) is 0 Å². The molecule has 1 rings (SSSR count). The third kappa shape index (κ3) is 6.26. The molecule has 0 aliphatic carbocycles. The molecule has 0 amide bonds. The fourth-order valence-corrected chi connectivity index (χ4v) is 5.30. The molecule has 0 saturated carbocycles. The van der Waals surface area contributed by atoms with Crippen molar-refractivity contribution in [3.63, 3.8) is 0 Å². The van der Waals surface area contributed by atoms with Gasteiger partial charge in [-0.1, -0.05) is 58.3 Å². The average molecular weight is 289 g/mol. The van der Waals surface area contributed by atoms with Crippen LogP contribution >= 0.6 is 0 Å². The molecule has 1 fully saturated rings. The normalized spacial score (nSPS) is 25.8. The molecule has 19 heavy (non-hydrogen) atoms. The number of rotatable bonds is 10. The third-order valence-electron chi connectivity index (χ3n) is 4.46. The minimum Gasteiger partial charge on any atom is -0.330 e. The number of unbranched alkanes of at least 4 members (excludes halogenated alkanes) is 7. The molecule has 3 nitrogen and oxygen atoms in total. The van der Waals surface area contributed by atoms with Crippen molar-refractivity contribution >= 4 is 9.84 Å². The topological polar surface area (TPSA) is 60.2 Å². The Bertz CT molecular complexity index is 340. The molecule has 1 aliphatic rings. The minimum atomic E-state index is -2.80. The second-order valence-electron chi connectivity index (χ2n) is 6.27. The van der Waals surface area contributed by atoms with Gasteiger partial charge in [-0.15, -0.1) is 0 Å². The van der Waals surface area contributed by atoms with Crippen LogP contribution in [0.25, 0.3) is 0 Å². The Hall–Kier alpha value is -0.0900. The molecule has 0 aromatic rings. The van der Waals surface area contributed by atoms with Crippen LogP contribution in [0.3, 0.4) is 0 Å². The summed E-state index contributed by atoms with van der Waals surface area (Å²) in [6, 6.07) is 0. The molecule has 1 aliphatic heterocycles. The fraction of sp³-hybridized carbons (Fsp3) is 1.00. The molecular formula is C15H31NO2S. The SMILES string of the molecule is CCCCCCCCCCC1(CN)CCS(=O)(=O)C1. The second kappa shape index (κ2) is 8.25. The van der Waals surface area contributed by atoms with Crippen LogP contribution in [0.15, 0.2) is 0 Å². The van der Waals surface area contributed by atoms with E-state index in [9.17, 15) is 8.42 Å². The lowest BCUT2D eigenvalue weighted by Crippen LogP contribution is -2.31. The summed E-state index contributed by atoms with van der Waals surface area (Å²) in [6.45, 7) is 2.77. The van der Waals surface area contributed by atoms with Crippen LogP contribution in [0.1, 0.15) is 71.1 Å². The average Bonchev–Trinajstić information content (AvgIpc) is 2.69. The van der Waals surface area contributed by atoms with E-state index >= 15 is 0 Å². The highest BCUT2D eigenvalue weighted by atomic mass is 32.2. The van der Waals surface area contributed by atoms with Gasteiger partial charge in [-0.3, -0.25) is 0 Å². The van der Waals surface area contributed by atoms with E-state index in [0.717, 1.165) is 19.3 Å². The summed E-state index contributed by atoms with van der Waals surface area (Å²) in [5, 5.41) is 0. The van der Waals surface area contributed by atoms with E-state index in [1.54, 1.807) is 0 Å². The lowest BCUT2D eigenvalue weighted by atomic mass is 9.82. The van der Waals surface area contributed by atoms with Gasteiger partial charge in [-0.2, -0.15) is 0 Å². The monoisotopic (exact) mass is 289 g/mol. The lowest BCUT2D eigenvalue weighted by molar-refractivity contribution is 0.304. The number of hydrogen-bond donors (Lipinski definition) is 1. The van der Waals surface area contributed by atoms with Crippen molar-refractivity contribution in [1.82, 2.24) is 0 Å². The van der Waals surface area contributed by atoms with E-state index in [4.69, 9.17) is 5.73 Å². The van der Waals surface area contributed by atoms with Gasteiger partial charge in [-0.05, 0) is 24.8 Å². The molecule has 114 valence electrons. The fourth-order valence-electron chi connectivity index (χ4n) is 3.08. The van der Waals surface area contributed by atoms with E-state index in [1.165, 1.54) is 44.9 Å². The Morgan fingerprint density at radius 1 is 1.00 bits per heavy atom. The first-order valence-electron chi connectivity index (χ1n) is 7.94. The van der Waals surface area contributed by atoms with Crippen LogP contribution in [-0.4, -0.2) is 26.5 Å². The second-order valence-corrected chi connectivity index (χ2v) is 8.46. The highest BCUT2D eigenvalue weighted by Crippen LogP contribution is 2.36. The van der Waals surface area contributed by atoms with Gasteiger partial charge in [0.25, 0.3) is 0 Å². The van der Waals surface area contributed by atoms with Gasteiger partial charge in [0.2, 0.25) is 0 Å². The van der Waals surface area contributed by atoms with E-state index in [-0.39, 0.29) is 5.41 Å². The summed E-state index contributed by atoms with van der Waals surface area (Å²) in [5.74, 6) is 0.675. The first-order valence-corrected chi connectivity index (χ1v) is 9.76. The van der Waals surface area contributed by atoms with Gasteiger partial charge < -0.3 is 5.73 Å². The Kier molecular flexibility index (Phi) is 7.37. The summed E-state index contributed by atoms with van der Waals surface area (Å²) >= 11 is 0. The standard InChI is InChI=1S/C15H31NO2S/c1-2-3-4-5-6-7-8-9-10-15(13-16)11-12-19(17,18)14-15/h2-14,16H2,1H3. The third-order valence-corrected chi connectivity index (χ3v) is 6.34. The molecule has 2 N–H and O–H groups in total. The predicted octanol–water partition coefficient (Wildman–Crippen LogP) is 3.28. The minimum absolute atomic E-state index is 0.0962. The van der Waals surface area contributed by atoms with Gasteiger partial charge >= 0.3 is 0 Å². The summed E-state index contributed by atoms with van der Waals surface area (Å²) < 4.78 is 23.2. The van der Waals surface area contributed by atoms with E-state index in [2.05, 4.69) is 6.92 Å². The number of nitrogens with two attached hydrogens (primary N) is 1. The molecule has 1 unspecified atom stereocenters. The van der Waals surface area contributed by atoms with Crippen LogP contribution in [-0.2, 0) is 9.84 Å². The predicted molar refractivity (Wildman–Crippen MR) is 82.0 cm³/mol. The number of sulfone groups is 1. The van der Waals surface area contributed by atoms with Crippen LogP contribution < -0.4 is 5.73 Å². The molecule has 4 heteroatoms. The van der Waals surface area contributed by atoms with Gasteiger partial charge in [0.05, 0.1) is 11.5 Å². The highest BCUT2D eigenvalue weighted by molar-refractivity contribution is 7.91. The Morgan fingerprint density at radius 3 is 2.05 bits per heavy atom. The molecule has 1 heterocycles. The Balaban J connectivity index is 2.11. The zero-order valence-electron chi connectivity index (χ0n) is 12.5. The maximum atomic E-state index is 11.6.